The molecule has 0 fully saturated rings. The Morgan fingerprint density at radius 2 is 1.77 bits per heavy atom. The van der Waals surface area contributed by atoms with E-state index in [1.165, 1.54) is 16.4 Å². The number of fused-ring (bicyclic) bond motifs is 1. The van der Waals surface area contributed by atoms with Crippen molar-refractivity contribution >= 4 is 21.6 Å². The fourth-order valence-electron chi connectivity index (χ4n) is 4.14. The van der Waals surface area contributed by atoms with Crippen molar-refractivity contribution in [2.45, 2.75) is 37.4 Å². The minimum Gasteiger partial charge on any atom is -0.325 e. The molecule has 35 heavy (non-hydrogen) atoms. The second-order valence-electron chi connectivity index (χ2n) is 8.33. The lowest BCUT2D eigenvalue weighted by Gasteiger charge is -2.30. The van der Waals surface area contributed by atoms with E-state index in [1.807, 2.05) is 6.07 Å². The van der Waals surface area contributed by atoms with Crippen LogP contribution in [0.5, 0.6) is 0 Å². The zero-order valence-corrected chi connectivity index (χ0v) is 19.5. The molecule has 0 saturated heterocycles. The van der Waals surface area contributed by atoms with E-state index in [-0.39, 0.29) is 30.0 Å². The number of nitrogens with one attached hydrogen (secondary N) is 1. The summed E-state index contributed by atoms with van der Waals surface area (Å²) in [6.07, 6.45) is -4.76. The number of hydrogen-bond acceptors (Lipinski definition) is 3. The highest BCUT2D eigenvalue weighted by Crippen LogP contribution is 2.33. The lowest BCUT2D eigenvalue weighted by atomic mass is 9.95. The fraction of sp³-hybridized carbons (Fsp3) is 0.240. The number of sulfonamides is 1. The number of amides is 1. The average molecular weight is 507 g/mol. The number of hydrogen-bond donors (Lipinski definition) is 1. The normalized spacial score (nSPS) is 14.4. The van der Waals surface area contributed by atoms with Crippen molar-refractivity contribution < 1.29 is 30.8 Å². The van der Waals surface area contributed by atoms with Crippen molar-refractivity contribution in [2.24, 2.45) is 0 Å². The molecule has 0 radical (unpaired) electrons. The van der Waals surface area contributed by atoms with Crippen LogP contribution in [0.3, 0.4) is 0 Å². The smallest absolute Gasteiger partial charge is 0.325 e. The topological polar surface area (TPSA) is 66.5 Å². The van der Waals surface area contributed by atoms with Gasteiger partial charge in [0.1, 0.15) is 5.82 Å². The number of alkyl halides is 3. The van der Waals surface area contributed by atoms with Crippen molar-refractivity contribution in [3.05, 3.63) is 94.3 Å². The SMILES string of the molecule is Cc1ccc2c(c1NC(=O)Cc1ccc(C(F)(F)F)c(F)c1)CCN(S(=O)(=O)c1ccccc1)C2. The molecule has 0 aliphatic carbocycles. The number of aryl methyl sites for hydroxylation is 1. The number of halogens is 4. The Morgan fingerprint density at radius 3 is 2.43 bits per heavy atom. The van der Waals surface area contributed by atoms with Gasteiger partial charge in [0.15, 0.2) is 0 Å². The van der Waals surface area contributed by atoms with Gasteiger partial charge >= 0.3 is 6.18 Å². The molecule has 3 aromatic carbocycles. The highest BCUT2D eigenvalue weighted by molar-refractivity contribution is 7.89. The first-order chi connectivity index (χ1) is 16.5. The van der Waals surface area contributed by atoms with Crippen molar-refractivity contribution in [1.29, 1.82) is 0 Å². The van der Waals surface area contributed by atoms with Gasteiger partial charge in [-0.1, -0.05) is 36.4 Å². The maximum Gasteiger partial charge on any atom is 0.419 e. The molecule has 1 aliphatic rings. The quantitative estimate of drug-likeness (QED) is 0.491. The largest absolute Gasteiger partial charge is 0.419 e. The first kappa shape index (κ1) is 24.9. The second-order valence-corrected chi connectivity index (χ2v) is 10.3. The summed E-state index contributed by atoms with van der Waals surface area (Å²) in [5.74, 6) is -1.95. The Bertz CT molecular complexity index is 1370. The van der Waals surface area contributed by atoms with Gasteiger partial charge in [0.25, 0.3) is 0 Å². The minimum atomic E-state index is -4.81. The molecule has 1 N–H and O–H groups in total. The van der Waals surface area contributed by atoms with E-state index in [2.05, 4.69) is 5.32 Å². The molecule has 0 saturated carbocycles. The van der Waals surface area contributed by atoms with Crippen LogP contribution < -0.4 is 5.32 Å². The summed E-state index contributed by atoms with van der Waals surface area (Å²) in [5, 5.41) is 2.78. The zero-order valence-electron chi connectivity index (χ0n) is 18.7. The van der Waals surface area contributed by atoms with Crippen LogP contribution in [0, 0.1) is 12.7 Å². The van der Waals surface area contributed by atoms with Crippen LogP contribution in [0.25, 0.3) is 0 Å². The molecule has 1 amide bonds. The van der Waals surface area contributed by atoms with E-state index in [0.29, 0.717) is 24.2 Å². The number of carbonyl (C=O) groups is 1. The number of benzene rings is 3. The van der Waals surface area contributed by atoms with Crippen molar-refractivity contribution in [2.75, 3.05) is 11.9 Å². The number of nitrogens with zero attached hydrogens (tertiary/aromatic N) is 1. The molecule has 0 aromatic heterocycles. The van der Waals surface area contributed by atoms with Gasteiger partial charge in [-0.25, -0.2) is 12.8 Å². The van der Waals surface area contributed by atoms with Crippen LogP contribution in [0.4, 0.5) is 23.2 Å². The average Bonchev–Trinajstić information content (AvgIpc) is 2.80. The Hall–Kier alpha value is -3.24. The maximum absolute atomic E-state index is 13.9. The molecular formula is C25H22F4N2O3S. The number of rotatable bonds is 5. The molecule has 1 heterocycles. The Kier molecular flexibility index (Phi) is 6.70. The molecule has 184 valence electrons. The summed E-state index contributed by atoms with van der Waals surface area (Å²) in [4.78, 5) is 12.9. The zero-order chi connectivity index (χ0) is 25.4. The Labute approximate surface area is 200 Å². The summed E-state index contributed by atoms with van der Waals surface area (Å²) < 4.78 is 79.6. The van der Waals surface area contributed by atoms with E-state index >= 15 is 0 Å². The first-order valence-electron chi connectivity index (χ1n) is 10.8. The van der Waals surface area contributed by atoms with Crippen molar-refractivity contribution in [3.63, 3.8) is 0 Å². The van der Waals surface area contributed by atoms with Crippen LogP contribution in [0.1, 0.15) is 27.8 Å². The van der Waals surface area contributed by atoms with Gasteiger partial charge in [-0.3, -0.25) is 4.79 Å². The predicted octanol–water partition coefficient (Wildman–Crippen LogP) is 5.08. The van der Waals surface area contributed by atoms with Gasteiger partial charge in [0.05, 0.1) is 16.9 Å². The Morgan fingerprint density at radius 1 is 1.06 bits per heavy atom. The van der Waals surface area contributed by atoms with Crippen molar-refractivity contribution in [3.8, 4) is 0 Å². The molecule has 10 heteroatoms. The predicted molar refractivity (Wildman–Crippen MR) is 123 cm³/mol. The van der Waals surface area contributed by atoms with Gasteiger partial charge in [-0.05, 0) is 59.9 Å². The third kappa shape index (κ3) is 5.23. The summed E-state index contributed by atoms with van der Waals surface area (Å²) in [7, 11) is -3.68. The summed E-state index contributed by atoms with van der Waals surface area (Å²) >= 11 is 0. The highest BCUT2D eigenvalue weighted by atomic mass is 32.2. The lowest BCUT2D eigenvalue weighted by Crippen LogP contribution is -2.36. The second kappa shape index (κ2) is 9.43. The Balaban J connectivity index is 1.52. The summed E-state index contributed by atoms with van der Waals surface area (Å²) in [6, 6.07) is 14.1. The first-order valence-corrected chi connectivity index (χ1v) is 12.2. The van der Waals surface area contributed by atoms with E-state index < -0.39 is 33.5 Å². The van der Waals surface area contributed by atoms with Crippen LogP contribution >= 0.6 is 0 Å². The van der Waals surface area contributed by atoms with Crippen LogP contribution in [-0.2, 0) is 40.4 Å². The standard InChI is InChI=1S/C25H22F4N2O3S/c1-16-7-9-18-15-31(35(33,34)19-5-3-2-4-6-19)12-11-20(18)24(16)30-23(32)14-17-8-10-21(22(26)13-17)25(27,28)29/h2-10,13H,11-12,14-15H2,1H3,(H,30,32). The van der Waals surface area contributed by atoms with E-state index in [0.717, 1.165) is 22.8 Å². The van der Waals surface area contributed by atoms with Gasteiger partial charge in [-0.2, -0.15) is 17.5 Å². The third-order valence-electron chi connectivity index (χ3n) is 5.93. The number of carbonyl (C=O) groups excluding carboxylic acids is 1. The van der Waals surface area contributed by atoms with E-state index in [4.69, 9.17) is 0 Å². The molecule has 0 spiro atoms. The van der Waals surface area contributed by atoms with Gasteiger partial charge in [-0.15, -0.1) is 0 Å². The van der Waals surface area contributed by atoms with Gasteiger partial charge < -0.3 is 5.32 Å². The molecular weight excluding hydrogens is 484 g/mol. The molecule has 1 aliphatic heterocycles. The van der Waals surface area contributed by atoms with Crippen LogP contribution in [0.2, 0.25) is 0 Å². The molecule has 5 nitrogen and oxygen atoms in total. The monoisotopic (exact) mass is 506 g/mol. The van der Waals surface area contributed by atoms with Crippen LogP contribution in [0.15, 0.2) is 65.6 Å². The summed E-state index contributed by atoms with van der Waals surface area (Å²) in [5.41, 5.74) is 1.57. The molecule has 3 aromatic rings. The third-order valence-corrected chi connectivity index (χ3v) is 7.78. The highest BCUT2D eigenvalue weighted by Gasteiger charge is 2.34. The fourth-order valence-corrected chi connectivity index (χ4v) is 5.58. The molecule has 4 rings (SSSR count). The van der Waals surface area contributed by atoms with Gasteiger partial charge in [0, 0.05) is 18.8 Å². The van der Waals surface area contributed by atoms with Crippen LogP contribution in [-0.4, -0.2) is 25.2 Å². The van der Waals surface area contributed by atoms with Gasteiger partial charge in [0.2, 0.25) is 15.9 Å². The number of anilines is 1. The molecule has 0 bridgehead atoms. The van der Waals surface area contributed by atoms with E-state index in [9.17, 15) is 30.8 Å². The lowest BCUT2D eigenvalue weighted by molar-refractivity contribution is -0.140. The van der Waals surface area contributed by atoms with E-state index in [1.54, 1.807) is 31.2 Å². The maximum atomic E-state index is 13.9. The van der Waals surface area contributed by atoms with Crippen molar-refractivity contribution in [1.82, 2.24) is 4.31 Å². The molecule has 0 unspecified atom stereocenters. The minimum absolute atomic E-state index is 0.107. The molecule has 0 atom stereocenters. The summed E-state index contributed by atoms with van der Waals surface area (Å²) in [6.45, 7) is 2.15.